The summed E-state index contributed by atoms with van der Waals surface area (Å²) < 4.78 is 0. The summed E-state index contributed by atoms with van der Waals surface area (Å²) in [6, 6.07) is 9.42. The fourth-order valence-electron chi connectivity index (χ4n) is 1.85. The van der Waals surface area contributed by atoms with E-state index in [4.69, 9.17) is 5.53 Å². The first-order valence-electron chi connectivity index (χ1n) is 4.90. The highest BCUT2D eigenvalue weighted by atomic mass is 15.0. The van der Waals surface area contributed by atoms with E-state index < -0.39 is 0 Å². The number of fused-ring (bicyclic) bond motifs is 3. The van der Waals surface area contributed by atoms with E-state index in [-0.39, 0.29) is 0 Å². The Bertz CT molecular complexity index is 691. The predicted octanol–water partition coefficient (Wildman–Crippen LogP) is 3.45. The topological polar surface area (TPSA) is 62.0 Å². The Morgan fingerprint density at radius 2 is 1.75 bits per heavy atom. The number of hydrogen-bond acceptors (Lipinski definition) is 4. The molecular weight excluding hydrogens is 200 g/mol. The van der Waals surface area contributed by atoms with Crippen LogP contribution >= 0.6 is 0 Å². The molecule has 0 spiro atoms. The Kier molecular flexibility index (Phi) is 1.86. The fraction of sp³-hybridized carbons (Fsp3) is 0. The van der Waals surface area contributed by atoms with E-state index in [9.17, 15) is 0 Å². The highest BCUT2D eigenvalue weighted by Crippen LogP contribution is 2.30. The van der Waals surface area contributed by atoms with Crippen LogP contribution in [-0.2, 0) is 0 Å². The van der Waals surface area contributed by atoms with Gasteiger partial charge in [0, 0.05) is 23.2 Å². The van der Waals surface area contributed by atoms with Crippen LogP contribution in [0.4, 0.5) is 5.69 Å². The van der Waals surface area contributed by atoms with Gasteiger partial charge < -0.3 is 0 Å². The maximum absolute atomic E-state index is 7.18. The molecule has 0 aliphatic heterocycles. The smallest absolute Gasteiger partial charge is 0.0986 e. The Hall–Kier alpha value is -2.36. The monoisotopic (exact) mass is 208 g/mol. The van der Waals surface area contributed by atoms with Crippen LogP contribution in [0.15, 0.2) is 47.8 Å². The summed E-state index contributed by atoms with van der Waals surface area (Å²) in [4.78, 5) is 8.63. The molecule has 4 nitrogen and oxygen atoms in total. The highest BCUT2D eigenvalue weighted by Gasteiger charge is 2.06. The zero-order chi connectivity index (χ0) is 11.0. The number of aromatic nitrogens is 2. The van der Waals surface area contributed by atoms with Gasteiger partial charge in [0.05, 0.1) is 16.7 Å². The van der Waals surface area contributed by atoms with Crippen LogP contribution in [0.3, 0.4) is 0 Å². The standard InChI is InChI=1S/C12H8N4/c13-16-10-7-8-3-1-5-14-11(8)12-9(10)4-2-6-15-12/h1-7,13H. The van der Waals surface area contributed by atoms with E-state index in [1.807, 2.05) is 30.3 Å². The second kappa shape index (κ2) is 3.34. The molecule has 2 aromatic heterocycles. The minimum absolute atomic E-state index is 0.628. The van der Waals surface area contributed by atoms with E-state index in [0.717, 1.165) is 21.8 Å². The maximum atomic E-state index is 7.18. The van der Waals surface area contributed by atoms with Crippen molar-refractivity contribution in [3.63, 3.8) is 0 Å². The molecule has 4 heteroatoms. The maximum Gasteiger partial charge on any atom is 0.0986 e. The lowest BCUT2D eigenvalue weighted by Crippen LogP contribution is -1.84. The summed E-state index contributed by atoms with van der Waals surface area (Å²) in [5.74, 6) is 0. The molecule has 0 radical (unpaired) electrons. The summed E-state index contributed by atoms with van der Waals surface area (Å²) in [5, 5.41) is 5.35. The summed E-state index contributed by atoms with van der Waals surface area (Å²) in [7, 11) is 0. The van der Waals surface area contributed by atoms with Crippen molar-refractivity contribution >= 4 is 27.5 Å². The number of benzene rings is 1. The van der Waals surface area contributed by atoms with Crippen LogP contribution in [0, 0.1) is 5.53 Å². The summed E-state index contributed by atoms with van der Waals surface area (Å²) in [6.45, 7) is 0. The molecule has 1 N–H and O–H groups in total. The third-order valence-electron chi connectivity index (χ3n) is 2.56. The van der Waals surface area contributed by atoms with Crippen LogP contribution in [0.2, 0.25) is 0 Å². The molecule has 0 amide bonds. The zero-order valence-electron chi connectivity index (χ0n) is 8.38. The molecule has 0 atom stereocenters. The molecule has 0 unspecified atom stereocenters. The number of rotatable bonds is 1. The van der Waals surface area contributed by atoms with Gasteiger partial charge in [-0.15, -0.1) is 0 Å². The Labute approximate surface area is 91.5 Å². The van der Waals surface area contributed by atoms with E-state index in [1.54, 1.807) is 12.4 Å². The lowest BCUT2D eigenvalue weighted by atomic mass is 10.1. The van der Waals surface area contributed by atoms with Gasteiger partial charge in [-0.05, 0) is 24.3 Å². The SMILES string of the molecule is N=Nc1cc2cccnc2c2ncccc12. The lowest BCUT2D eigenvalue weighted by molar-refractivity contribution is 1.16. The average molecular weight is 208 g/mol. The molecule has 2 heterocycles. The highest BCUT2D eigenvalue weighted by molar-refractivity contribution is 6.08. The Morgan fingerprint density at radius 1 is 1.00 bits per heavy atom. The normalized spacial score (nSPS) is 10.8. The van der Waals surface area contributed by atoms with Gasteiger partial charge in [-0.3, -0.25) is 9.97 Å². The average Bonchev–Trinajstić information content (AvgIpc) is 2.38. The van der Waals surface area contributed by atoms with Crippen molar-refractivity contribution in [3.05, 3.63) is 42.7 Å². The van der Waals surface area contributed by atoms with Gasteiger partial charge in [0.2, 0.25) is 0 Å². The van der Waals surface area contributed by atoms with E-state index >= 15 is 0 Å². The van der Waals surface area contributed by atoms with Crippen LogP contribution in [-0.4, -0.2) is 9.97 Å². The Morgan fingerprint density at radius 3 is 2.56 bits per heavy atom. The first-order valence-corrected chi connectivity index (χ1v) is 4.90. The summed E-state index contributed by atoms with van der Waals surface area (Å²) in [6.07, 6.45) is 3.47. The van der Waals surface area contributed by atoms with E-state index in [2.05, 4.69) is 15.1 Å². The third kappa shape index (κ3) is 1.16. The van der Waals surface area contributed by atoms with Crippen LogP contribution in [0.1, 0.15) is 0 Å². The Balaban J connectivity index is 2.62. The third-order valence-corrected chi connectivity index (χ3v) is 2.56. The van der Waals surface area contributed by atoms with Crippen molar-refractivity contribution in [2.75, 3.05) is 0 Å². The zero-order valence-corrected chi connectivity index (χ0v) is 8.38. The molecule has 1 aromatic carbocycles. The van der Waals surface area contributed by atoms with Crippen molar-refractivity contribution in [2.45, 2.75) is 0 Å². The van der Waals surface area contributed by atoms with Gasteiger partial charge in [0.15, 0.2) is 0 Å². The number of pyridine rings is 2. The molecule has 0 saturated heterocycles. The second-order valence-electron chi connectivity index (χ2n) is 3.48. The van der Waals surface area contributed by atoms with Crippen LogP contribution in [0.25, 0.3) is 21.8 Å². The van der Waals surface area contributed by atoms with Gasteiger partial charge in [-0.1, -0.05) is 6.07 Å². The number of nitrogens with zero attached hydrogens (tertiary/aromatic N) is 3. The molecule has 0 bridgehead atoms. The summed E-state index contributed by atoms with van der Waals surface area (Å²) in [5.41, 5.74) is 9.46. The first-order chi connectivity index (χ1) is 7.90. The molecule has 76 valence electrons. The van der Waals surface area contributed by atoms with E-state index in [0.29, 0.717) is 5.69 Å². The molecule has 0 fully saturated rings. The molecule has 16 heavy (non-hydrogen) atoms. The minimum Gasteiger partial charge on any atom is -0.254 e. The molecule has 0 aliphatic rings. The largest absolute Gasteiger partial charge is 0.254 e. The van der Waals surface area contributed by atoms with Gasteiger partial charge >= 0.3 is 0 Å². The first kappa shape index (κ1) is 8.91. The van der Waals surface area contributed by atoms with Gasteiger partial charge in [-0.25, -0.2) is 5.53 Å². The minimum atomic E-state index is 0.628. The lowest BCUT2D eigenvalue weighted by Gasteiger charge is -2.03. The molecule has 3 aromatic rings. The number of nitrogens with one attached hydrogen (secondary N) is 1. The van der Waals surface area contributed by atoms with Crippen LogP contribution < -0.4 is 0 Å². The predicted molar refractivity (Wildman–Crippen MR) is 61.9 cm³/mol. The van der Waals surface area contributed by atoms with Gasteiger partial charge in [0.1, 0.15) is 0 Å². The molecule has 0 saturated carbocycles. The molecule has 3 rings (SSSR count). The molecular formula is C12H8N4. The quantitative estimate of drug-likeness (QED) is 0.491. The van der Waals surface area contributed by atoms with Crippen molar-refractivity contribution in [3.8, 4) is 0 Å². The second-order valence-corrected chi connectivity index (χ2v) is 3.48. The van der Waals surface area contributed by atoms with Crippen LogP contribution in [0.5, 0.6) is 0 Å². The van der Waals surface area contributed by atoms with Crippen molar-refractivity contribution in [1.29, 1.82) is 5.53 Å². The van der Waals surface area contributed by atoms with Crippen molar-refractivity contribution in [2.24, 2.45) is 5.11 Å². The van der Waals surface area contributed by atoms with Crippen molar-refractivity contribution < 1.29 is 0 Å². The van der Waals surface area contributed by atoms with Gasteiger partial charge in [-0.2, -0.15) is 5.11 Å². The van der Waals surface area contributed by atoms with E-state index in [1.165, 1.54) is 0 Å². The number of hydrogen-bond donors (Lipinski definition) is 1. The van der Waals surface area contributed by atoms with Gasteiger partial charge in [0.25, 0.3) is 0 Å². The summed E-state index contributed by atoms with van der Waals surface area (Å²) >= 11 is 0. The van der Waals surface area contributed by atoms with Crippen molar-refractivity contribution in [1.82, 2.24) is 9.97 Å². The fourth-order valence-corrected chi connectivity index (χ4v) is 1.85. The molecule has 0 aliphatic carbocycles.